The molecule has 0 radical (unpaired) electrons. The van der Waals surface area contributed by atoms with Crippen LogP contribution in [0.4, 0.5) is 42.1 Å². The smallest absolute Gasteiger partial charge is 0.422 e. The second kappa shape index (κ2) is 15.9. The number of nitrogens with one attached hydrogen (secondary N) is 3. The fourth-order valence-corrected chi connectivity index (χ4v) is 7.53. The third-order valence-electron chi connectivity index (χ3n) is 7.42. The molecule has 1 fully saturated rings. The summed E-state index contributed by atoms with van der Waals surface area (Å²) >= 11 is 1.02. The van der Waals surface area contributed by atoms with Crippen LogP contribution in [0.2, 0.25) is 0 Å². The number of hydrogen-bond donors (Lipinski definition) is 3. The lowest BCUT2D eigenvalue weighted by Gasteiger charge is -2.33. The van der Waals surface area contributed by atoms with E-state index in [9.17, 15) is 48.7 Å². The maximum absolute atomic E-state index is 14.8. The van der Waals surface area contributed by atoms with E-state index < -0.39 is 70.0 Å². The van der Waals surface area contributed by atoms with Crippen LogP contribution < -0.4 is 20.1 Å². The normalized spacial score (nSPS) is 14.3. The number of piperidine rings is 1. The van der Waals surface area contributed by atoms with E-state index in [1.807, 2.05) is 0 Å². The molecule has 2 amide bonds. The first-order valence-electron chi connectivity index (χ1n) is 15.3. The van der Waals surface area contributed by atoms with E-state index in [-0.39, 0.29) is 28.9 Å². The number of fused-ring (bicyclic) bond motifs is 1. The van der Waals surface area contributed by atoms with Crippen LogP contribution in [0.1, 0.15) is 30.2 Å². The number of likely N-dealkylation sites (N-methyl/N-ethyl adjacent to an activating group) is 1. The number of amides is 2. The van der Waals surface area contributed by atoms with Gasteiger partial charge in [-0.15, -0.1) is 11.3 Å². The molecule has 51 heavy (non-hydrogen) atoms. The van der Waals surface area contributed by atoms with E-state index in [1.54, 1.807) is 42.1 Å². The quantitative estimate of drug-likeness (QED) is 0.177. The van der Waals surface area contributed by atoms with Crippen molar-refractivity contribution in [2.75, 3.05) is 57.5 Å². The van der Waals surface area contributed by atoms with Gasteiger partial charge in [0.15, 0.2) is 6.61 Å². The molecule has 0 spiro atoms. The van der Waals surface area contributed by atoms with Crippen molar-refractivity contribution in [1.82, 2.24) is 14.5 Å². The minimum atomic E-state index is -4.85. The molecule has 0 atom stereocenters. The number of alkyl halides is 6. The number of halogens is 7. The number of benzene rings is 2. The van der Waals surface area contributed by atoms with Gasteiger partial charge in [-0.05, 0) is 44.0 Å². The second-order valence-corrected chi connectivity index (χ2v) is 14.6. The Kier molecular flexibility index (Phi) is 12.4. The summed E-state index contributed by atoms with van der Waals surface area (Å²) in [7, 11) is -1.20. The number of ether oxygens (including phenoxy) is 1. The number of anilines is 2. The van der Waals surface area contributed by atoms with Gasteiger partial charge in [-0.25, -0.2) is 17.5 Å². The second-order valence-electron chi connectivity index (χ2n) is 11.9. The number of thiophene rings is 1. The third kappa shape index (κ3) is 11.1. The van der Waals surface area contributed by atoms with Crippen molar-refractivity contribution in [1.29, 1.82) is 0 Å². The molecule has 0 unspecified atom stereocenters. The molecule has 3 aromatic rings. The Labute approximate surface area is 293 Å². The van der Waals surface area contributed by atoms with E-state index in [4.69, 9.17) is 4.74 Å². The number of hydrogen-bond acceptors (Lipinski definition) is 9. The summed E-state index contributed by atoms with van der Waals surface area (Å²) in [5.41, 5.74) is 0.0950. The van der Waals surface area contributed by atoms with Gasteiger partial charge in [0, 0.05) is 38.2 Å². The van der Waals surface area contributed by atoms with E-state index >= 15 is 0 Å². The van der Waals surface area contributed by atoms with Crippen molar-refractivity contribution in [3.63, 3.8) is 0 Å². The van der Waals surface area contributed by atoms with Crippen LogP contribution in [-0.2, 0) is 26.0 Å². The first-order chi connectivity index (χ1) is 23.7. The summed E-state index contributed by atoms with van der Waals surface area (Å²) in [6.45, 7) is -0.126. The van der Waals surface area contributed by atoms with Gasteiger partial charge in [0.1, 0.15) is 16.5 Å². The van der Waals surface area contributed by atoms with E-state index in [2.05, 4.69) is 22.5 Å². The summed E-state index contributed by atoms with van der Waals surface area (Å²) in [4.78, 5) is 26.2. The molecule has 278 valence electrons. The number of rotatable bonds is 11. The zero-order valence-corrected chi connectivity index (χ0v) is 29.2. The summed E-state index contributed by atoms with van der Waals surface area (Å²) in [5, 5.41) is 6.25. The lowest BCUT2D eigenvalue weighted by molar-refractivity contribution is -0.153. The van der Waals surface area contributed by atoms with Crippen molar-refractivity contribution in [2.45, 2.75) is 49.5 Å². The molecule has 4 rings (SSSR count). The SMILES string of the molecule is CC(=O)NS(=O)(=O)c1cc(OCC(F)(F)F)c(NCC#Cc2sc3c(NC4CCN(C(=O)CN(C)C)CC4)cccc3c2CC(F)(F)F)cc1F. The standard InChI is InChI=1S/C32H34F7N5O5S2/c1-19(45)42-51(47,48)28-15-26(49-18-32(37,38)39)25(14-23(28)33)40-11-5-8-27-22(16-31(34,35)36)21-6-4-7-24(30(21)50-27)41-20-9-12-44(13-10-20)29(46)17-43(2)3/h4,6-7,14-15,20,40-41H,9-13,16-18H2,1-3H3,(H,42,45). The molecule has 2 heterocycles. The maximum Gasteiger partial charge on any atom is 0.422 e. The Bertz CT molecular complexity index is 1930. The van der Waals surface area contributed by atoms with Crippen molar-refractivity contribution in [3.05, 3.63) is 46.6 Å². The molecular formula is C32H34F7N5O5S2. The van der Waals surface area contributed by atoms with Crippen LogP contribution in [0.15, 0.2) is 35.2 Å². The molecule has 0 aliphatic carbocycles. The molecular weight excluding hydrogens is 732 g/mol. The Morgan fingerprint density at radius 3 is 2.35 bits per heavy atom. The Morgan fingerprint density at radius 1 is 1.06 bits per heavy atom. The molecule has 3 N–H and O–H groups in total. The van der Waals surface area contributed by atoms with Crippen LogP contribution in [0.3, 0.4) is 0 Å². The van der Waals surface area contributed by atoms with Crippen LogP contribution in [0, 0.1) is 17.7 Å². The van der Waals surface area contributed by atoms with Gasteiger partial charge in [0.25, 0.3) is 10.0 Å². The molecule has 0 bridgehead atoms. The molecule has 1 aliphatic heterocycles. The zero-order valence-electron chi connectivity index (χ0n) is 27.5. The number of sulfonamides is 1. The van der Waals surface area contributed by atoms with E-state index in [0.29, 0.717) is 53.8 Å². The van der Waals surface area contributed by atoms with Gasteiger partial charge in [-0.3, -0.25) is 9.59 Å². The van der Waals surface area contributed by atoms with Gasteiger partial charge in [0.05, 0.1) is 40.5 Å². The van der Waals surface area contributed by atoms with Gasteiger partial charge in [-0.1, -0.05) is 24.0 Å². The summed E-state index contributed by atoms with van der Waals surface area (Å²) in [6.07, 6.45) is -9.47. The van der Waals surface area contributed by atoms with Gasteiger partial charge >= 0.3 is 12.4 Å². The molecule has 2 aromatic carbocycles. The molecule has 1 saturated heterocycles. The highest BCUT2D eigenvalue weighted by Gasteiger charge is 2.32. The predicted octanol–water partition coefficient (Wildman–Crippen LogP) is 5.34. The Hall–Kier alpha value is -4.28. The van der Waals surface area contributed by atoms with Crippen LogP contribution in [-0.4, -0.2) is 95.3 Å². The number of carbonyl (C=O) groups is 2. The zero-order chi connectivity index (χ0) is 37.7. The lowest BCUT2D eigenvalue weighted by Crippen LogP contribution is -2.45. The third-order valence-corrected chi connectivity index (χ3v) is 10.1. The number of likely N-dealkylation sites (tertiary alicyclic amines) is 1. The highest BCUT2D eigenvalue weighted by Crippen LogP contribution is 2.39. The van der Waals surface area contributed by atoms with Gasteiger partial charge in [0.2, 0.25) is 11.8 Å². The lowest BCUT2D eigenvalue weighted by atomic mass is 10.0. The van der Waals surface area contributed by atoms with E-state index in [1.165, 1.54) is 4.72 Å². The van der Waals surface area contributed by atoms with Crippen molar-refractivity contribution >= 4 is 54.6 Å². The van der Waals surface area contributed by atoms with Crippen molar-refractivity contribution in [3.8, 4) is 17.6 Å². The van der Waals surface area contributed by atoms with E-state index in [0.717, 1.165) is 18.3 Å². The number of nitrogens with zero attached hydrogens (tertiary/aromatic N) is 2. The van der Waals surface area contributed by atoms with Crippen molar-refractivity contribution in [2.24, 2.45) is 0 Å². The Morgan fingerprint density at radius 2 is 1.75 bits per heavy atom. The van der Waals surface area contributed by atoms with Crippen LogP contribution >= 0.6 is 11.3 Å². The fourth-order valence-electron chi connectivity index (χ4n) is 5.29. The minimum absolute atomic E-state index is 0.00965. The highest BCUT2D eigenvalue weighted by atomic mass is 32.2. The molecule has 1 aliphatic rings. The van der Waals surface area contributed by atoms with Crippen LogP contribution in [0.5, 0.6) is 5.75 Å². The first-order valence-corrected chi connectivity index (χ1v) is 17.6. The van der Waals surface area contributed by atoms with Crippen molar-refractivity contribution < 1.29 is 53.5 Å². The Balaban J connectivity index is 1.59. The largest absolute Gasteiger partial charge is 0.482 e. The minimum Gasteiger partial charge on any atom is -0.482 e. The monoisotopic (exact) mass is 765 g/mol. The highest BCUT2D eigenvalue weighted by molar-refractivity contribution is 7.90. The summed E-state index contributed by atoms with van der Waals surface area (Å²) < 4.78 is 126. The molecule has 0 saturated carbocycles. The number of carbonyl (C=O) groups excluding carboxylic acids is 2. The predicted molar refractivity (Wildman–Crippen MR) is 178 cm³/mol. The van der Waals surface area contributed by atoms with Gasteiger partial charge < -0.3 is 25.2 Å². The topological polar surface area (TPSA) is 120 Å². The average Bonchev–Trinajstić information content (AvgIpc) is 3.34. The fraction of sp³-hybridized carbons (Fsp3) is 0.438. The molecule has 1 aromatic heterocycles. The maximum atomic E-state index is 14.8. The molecule has 19 heteroatoms. The van der Waals surface area contributed by atoms with Crippen LogP contribution in [0.25, 0.3) is 10.1 Å². The summed E-state index contributed by atoms with van der Waals surface area (Å²) in [5.74, 6) is 2.05. The summed E-state index contributed by atoms with van der Waals surface area (Å²) in [6, 6.07) is 5.88. The van der Waals surface area contributed by atoms with Gasteiger partial charge in [-0.2, -0.15) is 26.3 Å². The molecule has 10 nitrogen and oxygen atoms in total. The average molecular weight is 766 g/mol. The first kappa shape index (κ1) is 39.5.